The fourth-order valence-corrected chi connectivity index (χ4v) is 2.78. The predicted molar refractivity (Wildman–Crippen MR) is 131 cm³/mol. The molecule has 0 bridgehead atoms. The van der Waals surface area contributed by atoms with Crippen LogP contribution in [0, 0.1) is 0 Å². The molecule has 0 radical (unpaired) electrons. The second kappa shape index (κ2) is 12.2. The molecule has 1 aromatic carbocycles. The van der Waals surface area contributed by atoms with E-state index in [0.717, 1.165) is 24.0 Å². The molecule has 0 saturated carbocycles. The van der Waals surface area contributed by atoms with Gasteiger partial charge in [-0.3, -0.25) is 0 Å². The highest BCUT2D eigenvalue weighted by molar-refractivity contribution is 5.68. The summed E-state index contributed by atoms with van der Waals surface area (Å²) in [6.07, 6.45) is 14.4. The molecule has 0 aliphatic rings. The predicted octanol–water partition coefficient (Wildman–Crippen LogP) is 8.99. The Balaban J connectivity index is 0.00000729. The molecule has 0 spiro atoms. The van der Waals surface area contributed by atoms with E-state index < -0.39 is 0 Å². The van der Waals surface area contributed by atoms with E-state index in [9.17, 15) is 0 Å². The Kier molecular flexibility index (Phi) is 11.2. The van der Waals surface area contributed by atoms with Crippen molar-refractivity contribution in [3.05, 3.63) is 102 Å². The number of allylic oxidation sites excluding steroid dienone is 10. The van der Waals surface area contributed by atoms with Gasteiger partial charge < -0.3 is 0 Å². The molecule has 152 valence electrons. The standard InChI is InChI=1S/C27H36.CH4/c1-9-11-12-13-21(3)14-15-22(4)24(10-2)20-23(5)25-16-18-26(19-17-25)27(6,7)8;/h9-13,16-20H,3-4,14-15H2,1-2,5-8H3;1H4/b11-9-,13-12-,23-20+,24-10+;. The van der Waals surface area contributed by atoms with E-state index in [1.54, 1.807) is 0 Å². The Labute approximate surface area is 174 Å². The SMILES string of the molecule is C.C=C(/C=C\C=C/C)CCC(=C)C(=C/C)/C=C(\C)c1ccc(C(C)(C)C)cc1. The molecule has 0 fully saturated rings. The van der Waals surface area contributed by atoms with Crippen LogP contribution in [0.2, 0.25) is 0 Å². The lowest BCUT2D eigenvalue weighted by molar-refractivity contribution is 0.590. The van der Waals surface area contributed by atoms with Gasteiger partial charge in [0.25, 0.3) is 0 Å². The lowest BCUT2D eigenvalue weighted by atomic mass is 9.86. The Morgan fingerprint density at radius 2 is 1.57 bits per heavy atom. The van der Waals surface area contributed by atoms with Crippen molar-refractivity contribution >= 4 is 5.57 Å². The van der Waals surface area contributed by atoms with Gasteiger partial charge in [0.1, 0.15) is 0 Å². The first-order valence-corrected chi connectivity index (χ1v) is 9.79. The van der Waals surface area contributed by atoms with Crippen LogP contribution in [0.15, 0.2) is 90.6 Å². The number of hydrogen-bond donors (Lipinski definition) is 0. The second-order valence-electron chi connectivity index (χ2n) is 8.05. The molecule has 0 heterocycles. The molecular formula is C28H40. The van der Waals surface area contributed by atoms with Gasteiger partial charge in [0.05, 0.1) is 0 Å². The molecule has 0 aliphatic carbocycles. The highest BCUT2D eigenvalue weighted by atomic mass is 14.2. The first-order valence-electron chi connectivity index (χ1n) is 9.79. The summed E-state index contributed by atoms with van der Waals surface area (Å²) < 4.78 is 0. The number of rotatable bonds is 8. The monoisotopic (exact) mass is 376 g/mol. The third-order valence-corrected chi connectivity index (χ3v) is 4.68. The van der Waals surface area contributed by atoms with Gasteiger partial charge >= 0.3 is 0 Å². The van der Waals surface area contributed by atoms with E-state index in [4.69, 9.17) is 0 Å². The van der Waals surface area contributed by atoms with E-state index in [-0.39, 0.29) is 12.8 Å². The summed E-state index contributed by atoms with van der Waals surface area (Å²) in [6.45, 7) is 21.4. The van der Waals surface area contributed by atoms with E-state index in [0.29, 0.717) is 0 Å². The molecule has 1 rings (SSSR count). The van der Waals surface area contributed by atoms with Gasteiger partial charge in [0.2, 0.25) is 0 Å². The number of hydrogen-bond acceptors (Lipinski definition) is 0. The first-order chi connectivity index (χ1) is 12.7. The smallest absolute Gasteiger partial charge is 0.0132 e. The van der Waals surface area contributed by atoms with Crippen LogP contribution >= 0.6 is 0 Å². The van der Waals surface area contributed by atoms with Crippen molar-refractivity contribution in [2.24, 2.45) is 0 Å². The summed E-state index contributed by atoms with van der Waals surface area (Å²) in [7, 11) is 0. The van der Waals surface area contributed by atoms with Crippen molar-refractivity contribution < 1.29 is 0 Å². The van der Waals surface area contributed by atoms with Crippen LogP contribution < -0.4 is 0 Å². The Hall–Kier alpha value is -2.34. The minimum Gasteiger partial charge on any atom is -0.0958 e. The van der Waals surface area contributed by atoms with Gasteiger partial charge in [-0.2, -0.15) is 0 Å². The average molecular weight is 377 g/mol. The largest absolute Gasteiger partial charge is 0.0958 e. The molecular weight excluding hydrogens is 336 g/mol. The Bertz CT molecular complexity index is 753. The summed E-state index contributed by atoms with van der Waals surface area (Å²) in [5, 5.41) is 0. The summed E-state index contributed by atoms with van der Waals surface area (Å²) in [5.74, 6) is 0. The summed E-state index contributed by atoms with van der Waals surface area (Å²) in [5.41, 5.74) is 7.55. The Morgan fingerprint density at radius 1 is 0.964 bits per heavy atom. The number of benzene rings is 1. The zero-order valence-corrected chi connectivity index (χ0v) is 18.1. The maximum atomic E-state index is 4.30. The van der Waals surface area contributed by atoms with Gasteiger partial charge in [-0.25, -0.2) is 0 Å². The van der Waals surface area contributed by atoms with Crippen molar-refractivity contribution in [3.8, 4) is 0 Å². The highest BCUT2D eigenvalue weighted by Gasteiger charge is 2.13. The highest BCUT2D eigenvalue weighted by Crippen LogP contribution is 2.26. The van der Waals surface area contributed by atoms with Gasteiger partial charge in [0, 0.05) is 0 Å². The van der Waals surface area contributed by atoms with Gasteiger partial charge in [-0.05, 0) is 66.9 Å². The van der Waals surface area contributed by atoms with Crippen LogP contribution in [0.5, 0.6) is 0 Å². The van der Waals surface area contributed by atoms with E-state index in [1.165, 1.54) is 22.3 Å². The van der Waals surface area contributed by atoms with Crippen molar-refractivity contribution in [1.82, 2.24) is 0 Å². The van der Waals surface area contributed by atoms with Crippen molar-refractivity contribution in [2.45, 2.75) is 67.2 Å². The molecule has 0 heteroatoms. The Morgan fingerprint density at radius 3 is 2.07 bits per heavy atom. The van der Waals surface area contributed by atoms with Crippen LogP contribution in [-0.2, 0) is 5.41 Å². The average Bonchev–Trinajstić information content (AvgIpc) is 2.63. The molecule has 0 N–H and O–H groups in total. The third-order valence-electron chi connectivity index (χ3n) is 4.68. The van der Waals surface area contributed by atoms with E-state index >= 15 is 0 Å². The summed E-state index contributed by atoms with van der Waals surface area (Å²) in [4.78, 5) is 0. The van der Waals surface area contributed by atoms with Crippen molar-refractivity contribution in [2.75, 3.05) is 0 Å². The van der Waals surface area contributed by atoms with Gasteiger partial charge in [0.15, 0.2) is 0 Å². The van der Waals surface area contributed by atoms with E-state index in [1.807, 2.05) is 25.2 Å². The molecule has 28 heavy (non-hydrogen) atoms. The molecule has 0 aliphatic heterocycles. The van der Waals surface area contributed by atoms with Crippen LogP contribution in [0.4, 0.5) is 0 Å². The minimum atomic E-state index is 0. The van der Waals surface area contributed by atoms with Crippen molar-refractivity contribution in [1.29, 1.82) is 0 Å². The van der Waals surface area contributed by atoms with E-state index in [2.05, 4.69) is 90.3 Å². The molecule has 0 atom stereocenters. The lowest BCUT2D eigenvalue weighted by Gasteiger charge is -2.19. The topological polar surface area (TPSA) is 0 Å². The fourth-order valence-electron chi connectivity index (χ4n) is 2.78. The first kappa shape index (κ1) is 25.7. The zero-order valence-electron chi connectivity index (χ0n) is 18.1. The van der Waals surface area contributed by atoms with Crippen LogP contribution in [0.25, 0.3) is 5.57 Å². The molecule has 0 unspecified atom stereocenters. The summed E-state index contributed by atoms with van der Waals surface area (Å²) >= 11 is 0. The van der Waals surface area contributed by atoms with Crippen LogP contribution in [0.3, 0.4) is 0 Å². The lowest BCUT2D eigenvalue weighted by Crippen LogP contribution is -2.10. The molecule has 0 amide bonds. The molecule has 0 nitrogen and oxygen atoms in total. The molecule has 0 saturated heterocycles. The quantitative estimate of drug-likeness (QED) is 0.397. The van der Waals surface area contributed by atoms with Gasteiger partial charge in [-0.15, -0.1) is 0 Å². The van der Waals surface area contributed by atoms with Gasteiger partial charge in [-0.1, -0.05) is 108 Å². The third kappa shape index (κ3) is 8.57. The summed E-state index contributed by atoms with van der Waals surface area (Å²) in [6, 6.07) is 8.91. The maximum Gasteiger partial charge on any atom is -0.0132 e. The maximum absolute atomic E-state index is 4.30. The second-order valence-corrected chi connectivity index (χ2v) is 8.05. The van der Waals surface area contributed by atoms with Crippen LogP contribution in [-0.4, -0.2) is 0 Å². The van der Waals surface area contributed by atoms with Crippen molar-refractivity contribution in [3.63, 3.8) is 0 Å². The zero-order chi connectivity index (χ0) is 20.4. The normalized spacial score (nSPS) is 13.1. The van der Waals surface area contributed by atoms with Crippen LogP contribution in [0.1, 0.15) is 72.9 Å². The fraction of sp³-hybridized carbons (Fsp3) is 0.357. The molecule has 1 aromatic rings. The minimum absolute atomic E-state index is 0. The molecule has 0 aromatic heterocycles.